The Bertz CT molecular complexity index is 947. The van der Waals surface area contributed by atoms with Crippen LogP contribution in [0.5, 0.6) is 0 Å². The molecule has 0 saturated heterocycles. The first-order valence-electron chi connectivity index (χ1n) is 11.1. The minimum atomic E-state index is -1.11. The van der Waals surface area contributed by atoms with Crippen molar-refractivity contribution in [2.24, 2.45) is 0 Å². The minimum absolute atomic E-state index is 0.0973. The molecule has 0 saturated carbocycles. The summed E-state index contributed by atoms with van der Waals surface area (Å²) in [5, 5.41) is 11.7. The van der Waals surface area contributed by atoms with Crippen LogP contribution in [0.1, 0.15) is 36.8 Å². The molecule has 1 aliphatic carbocycles. The number of carbonyl (C=O) groups excluding carboxylic acids is 2. The molecule has 8 heteroatoms. The number of amides is 2. The lowest BCUT2D eigenvalue weighted by atomic mass is 9.98. The predicted molar refractivity (Wildman–Crippen MR) is 123 cm³/mol. The van der Waals surface area contributed by atoms with Crippen LogP contribution in [0, 0.1) is 0 Å². The number of aliphatic carboxylic acids is 1. The van der Waals surface area contributed by atoms with Gasteiger partial charge in [-0.3, -0.25) is 9.59 Å². The summed E-state index contributed by atoms with van der Waals surface area (Å²) in [5.74, 6) is -1.67. The molecule has 2 aromatic rings. The molecule has 0 aliphatic heterocycles. The quantitative estimate of drug-likeness (QED) is 0.540. The predicted octanol–water partition coefficient (Wildman–Crippen LogP) is 3.25. The summed E-state index contributed by atoms with van der Waals surface area (Å²) in [6.07, 6.45) is 0.0819. The molecule has 0 spiro atoms. The van der Waals surface area contributed by atoms with E-state index in [0.717, 1.165) is 22.3 Å². The van der Waals surface area contributed by atoms with Gasteiger partial charge in [0.15, 0.2) is 0 Å². The van der Waals surface area contributed by atoms with E-state index in [-0.39, 0.29) is 32.1 Å². The first kappa shape index (κ1) is 24.3. The topological polar surface area (TPSA) is 105 Å². The third kappa shape index (κ3) is 5.90. The van der Waals surface area contributed by atoms with Gasteiger partial charge in [-0.15, -0.1) is 0 Å². The zero-order chi connectivity index (χ0) is 23.8. The summed E-state index contributed by atoms with van der Waals surface area (Å²) < 4.78 is 10.6. The zero-order valence-corrected chi connectivity index (χ0v) is 19.0. The summed E-state index contributed by atoms with van der Waals surface area (Å²) in [6, 6.07) is 15.1. The van der Waals surface area contributed by atoms with Gasteiger partial charge in [-0.2, -0.15) is 0 Å². The summed E-state index contributed by atoms with van der Waals surface area (Å²) in [7, 11) is 1.50. The van der Waals surface area contributed by atoms with Crippen molar-refractivity contribution in [3.8, 4) is 11.1 Å². The number of nitrogens with zero attached hydrogens (tertiary/aromatic N) is 1. The van der Waals surface area contributed by atoms with Crippen molar-refractivity contribution >= 4 is 18.0 Å². The fourth-order valence-electron chi connectivity index (χ4n) is 4.20. The number of fused-ring (bicyclic) bond motifs is 3. The second-order valence-electron chi connectivity index (χ2n) is 7.96. The SMILES string of the molecule is CCCN(CC(=O)O)C(=O)C(CCOC)NC(=O)OCC1c2ccccc2-c2ccccc21. The Kier molecular flexibility index (Phi) is 8.43. The van der Waals surface area contributed by atoms with Crippen LogP contribution in [-0.4, -0.2) is 67.4 Å². The van der Waals surface area contributed by atoms with Crippen LogP contribution in [0.25, 0.3) is 11.1 Å². The Labute approximate surface area is 193 Å². The van der Waals surface area contributed by atoms with Gasteiger partial charge in [-0.05, 0) is 28.7 Å². The van der Waals surface area contributed by atoms with Gasteiger partial charge in [0.05, 0.1) is 0 Å². The highest BCUT2D eigenvalue weighted by Gasteiger charge is 2.31. The van der Waals surface area contributed by atoms with Gasteiger partial charge >= 0.3 is 12.1 Å². The van der Waals surface area contributed by atoms with Crippen LogP contribution in [0.2, 0.25) is 0 Å². The van der Waals surface area contributed by atoms with Crippen LogP contribution in [0.3, 0.4) is 0 Å². The molecule has 8 nitrogen and oxygen atoms in total. The van der Waals surface area contributed by atoms with Gasteiger partial charge in [0, 0.05) is 32.6 Å². The average molecular weight is 455 g/mol. The number of nitrogens with one attached hydrogen (secondary N) is 1. The van der Waals surface area contributed by atoms with Crippen molar-refractivity contribution in [1.29, 1.82) is 0 Å². The van der Waals surface area contributed by atoms with Crippen LogP contribution < -0.4 is 5.32 Å². The average Bonchev–Trinajstić information content (AvgIpc) is 3.13. The second kappa shape index (κ2) is 11.5. The number of hydrogen-bond acceptors (Lipinski definition) is 5. The zero-order valence-electron chi connectivity index (χ0n) is 19.0. The molecule has 0 fully saturated rings. The number of hydrogen-bond donors (Lipinski definition) is 2. The maximum atomic E-state index is 12.9. The van der Waals surface area contributed by atoms with E-state index in [1.54, 1.807) is 0 Å². The molecule has 176 valence electrons. The summed E-state index contributed by atoms with van der Waals surface area (Å²) in [6.45, 7) is 2.06. The highest BCUT2D eigenvalue weighted by atomic mass is 16.5. The van der Waals surface area contributed by atoms with Gasteiger partial charge in [0.1, 0.15) is 19.2 Å². The maximum absolute atomic E-state index is 12.9. The molecular formula is C25H30N2O6. The van der Waals surface area contributed by atoms with Crippen molar-refractivity contribution in [3.63, 3.8) is 0 Å². The maximum Gasteiger partial charge on any atom is 0.407 e. The van der Waals surface area contributed by atoms with E-state index in [9.17, 15) is 14.4 Å². The second-order valence-corrected chi connectivity index (χ2v) is 7.96. The van der Waals surface area contributed by atoms with Crippen LogP contribution in [0.15, 0.2) is 48.5 Å². The molecule has 1 unspecified atom stereocenters. The molecule has 0 aromatic heterocycles. The first-order valence-corrected chi connectivity index (χ1v) is 11.1. The number of methoxy groups -OCH3 is 1. The number of alkyl carbamates (subject to hydrolysis) is 1. The molecule has 33 heavy (non-hydrogen) atoms. The third-order valence-corrected chi connectivity index (χ3v) is 5.68. The molecule has 1 aliphatic rings. The van der Waals surface area contributed by atoms with Gasteiger partial charge in [0.2, 0.25) is 5.91 Å². The van der Waals surface area contributed by atoms with Crippen LogP contribution >= 0.6 is 0 Å². The van der Waals surface area contributed by atoms with Crippen LogP contribution in [0.4, 0.5) is 4.79 Å². The monoisotopic (exact) mass is 454 g/mol. The molecule has 0 bridgehead atoms. The Morgan fingerprint density at radius 1 is 1.06 bits per heavy atom. The molecule has 0 radical (unpaired) electrons. The molecule has 2 amide bonds. The summed E-state index contributed by atoms with van der Waals surface area (Å²) >= 11 is 0. The van der Waals surface area contributed by atoms with Gasteiger partial charge in [0.25, 0.3) is 0 Å². The number of rotatable bonds is 11. The largest absolute Gasteiger partial charge is 0.480 e. The smallest absolute Gasteiger partial charge is 0.407 e. The molecule has 3 rings (SSSR count). The van der Waals surface area contributed by atoms with E-state index in [2.05, 4.69) is 17.4 Å². The van der Waals surface area contributed by atoms with E-state index >= 15 is 0 Å². The van der Waals surface area contributed by atoms with E-state index in [1.807, 2.05) is 43.3 Å². The number of carboxylic acid groups (broad SMARTS) is 1. The molecule has 0 heterocycles. The Hall–Kier alpha value is -3.39. The Balaban J connectivity index is 1.68. The summed E-state index contributed by atoms with van der Waals surface area (Å²) in [5.41, 5.74) is 4.43. The van der Waals surface area contributed by atoms with Gasteiger partial charge in [-0.1, -0.05) is 55.5 Å². The van der Waals surface area contributed by atoms with Crippen molar-refractivity contribution in [2.45, 2.75) is 31.7 Å². The molecule has 2 N–H and O–H groups in total. The molecule has 2 aromatic carbocycles. The van der Waals surface area contributed by atoms with Gasteiger partial charge < -0.3 is 24.8 Å². The Morgan fingerprint density at radius 2 is 1.67 bits per heavy atom. The van der Waals surface area contributed by atoms with Crippen molar-refractivity contribution in [3.05, 3.63) is 59.7 Å². The number of benzene rings is 2. The highest BCUT2D eigenvalue weighted by Crippen LogP contribution is 2.44. The lowest BCUT2D eigenvalue weighted by molar-refractivity contribution is -0.145. The van der Waals surface area contributed by atoms with Crippen LogP contribution in [-0.2, 0) is 19.1 Å². The van der Waals surface area contributed by atoms with E-state index in [1.165, 1.54) is 12.0 Å². The standard InChI is InChI=1S/C25H30N2O6/c1-3-13-27(15-23(28)29)24(30)22(12-14-32-2)26-25(31)33-16-21-19-10-6-4-8-17(19)18-9-5-7-11-20(18)21/h4-11,21-22H,3,12-16H2,1-2H3,(H,26,31)(H,28,29). The third-order valence-electron chi connectivity index (χ3n) is 5.68. The number of carboxylic acids is 1. The fraction of sp³-hybridized carbons (Fsp3) is 0.400. The van der Waals surface area contributed by atoms with E-state index in [0.29, 0.717) is 6.42 Å². The summed E-state index contributed by atoms with van der Waals surface area (Å²) in [4.78, 5) is 38.0. The fourth-order valence-corrected chi connectivity index (χ4v) is 4.20. The van der Waals surface area contributed by atoms with Gasteiger partial charge in [-0.25, -0.2) is 4.79 Å². The lowest BCUT2D eigenvalue weighted by Gasteiger charge is -2.26. The number of carbonyl (C=O) groups is 3. The first-order chi connectivity index (χ1) is 16.0. The lowest BCUT2D eigenvalue weighted by Crippen LogP contribution is -2.50. The minimum Gasteiger partial charge on any atom is -0.480 e. The van der Waals surface area contributed by atoms with Crippen molar-refractivity contribution < 1.29 is 29.0 Å². The van der Waals surface area contributed by atoms with E-state index < -0.39 is 30.6 Å². The van der Waals surface area contributed by atoms with Crippen molar-refractivity contribution in [1.82, 2.24) is 10.2 Å². The highest BCUT2D eigenvalue weighted by molar-refractivity contribution is 5.88. The molecular weight excluding hydrogens is 424 g/mol. The Morgan fingerprint density at radius 3 is 2.21 bits per heavy atom. The van der Waals surface area contributed by atoms with Crippen molar-refractivity contribution in [2.75, 3.05) is 33.4 Å². The van der Waals surface area contributed by atoms with E-state index in [4.69, 9.17) is 14.6 Å². The number of ether oxygens (including phenoxy) is 2. The normalized spacial score (nSPS) is 13.0. The molecule has 1 atom stereocenters.